The molecular formula is C21H19N3OS2. The van der Waals surface area contributed by atoms with Crippen LogP contribution in [0.25, 0.3) is 22.0 Å². The van der Waals surface area contributed by atoms with Crippen molar-refractivity contribution in [3.05, 3.63) is 69.0 Å². The second-order valence-electron chi connectivity index (χ2n) is 6.03. The molecule has 6 heteroatoms. The van der Waals surface area contributed by atoms with E-state index in [-0.39, 0.29) is 0 Å². The Balaban J connectivity index is 1.84. The van der Waals surface area contributed by atoms with Crippen molar-refractivity contribution in [1.82, 2.24) is 4.68 Å². The van der Waals surface area contributed by atoms with Gasteiger partial charge in [-0.1, -0.05) is 24.3 Å². The maximum absolute atomic E-state index is 5.32. The van der Waals surface area contributed by atoms with E-state index < -0.39 is 0 Å². The molecule has 2 heterocycles. The number of benzene rings is 2. The third-order valence-corrected chi connectivity index (χ3v) is 6.23. The lowest BCUT2D eigenvalue weighted by molar-refractivity contribution is 0.415. The fraction of sp³-hybridized carbons (Fsp3) is 0.143. The van der Waals surface area contributed by atoms with Crippen LogP contribution < -0.4 is 9.54 Å². The average molecular weight is 394 g/mol. The van der Waals surface area contributed by atoms with Gasteiger partial charge in [0.1, 0.15) is 5.75 Å². The minimum absolute atomic E-state index is 0.865. The molecule has 0 aliphatic rings. The van der Waals surface area contributed by atoms with E-state index in [9.17, 15) is 0 Å². The van der Waals surface area contributed by atoms with Crippen LogP contribution in [0, 0.1) is 0 Å². The summed E-state index contributed by atoms with van der Waals surface area (Å²) in [7, 11) is 3.49. The van der Waals surface area contributed by atoms with Crippen LogP contribution in [-0.4, -0.2) is 24.5 Å². The van der Waals surface area contributed by atoms with E-state index in [2.05, 4.69) is 46.1 Å². The first-order valence-electron chi connectivity index (χ1n) is 8.50. The van der Waals surface area contributed by atoms with Crippen LogP contribution in [0.4, 0.5) is 0 Å². The lowest BCUT2D eigenvalue weighted by Gasteiger charge is -2.08. The highest BCUT2D eigenvalue weighted by Gasteiger charge is 2.10. The smallest absolute Gasteiger partial charge is 0.205 e. The van der Waals surface area contributed by atoms with Gasteiger partial charge in [0.15, 0.2) is 0 Å². The zero-order valence-electron chi connectivity index (χ0n) is 15.3. The normalized spacial score (nSPS) is 12.7. The van der Waals surface area contributed by atoms with E-state index in [1.807, 2.05) is 29.8 Å². The Morgan fingerprint density at radius 3 is 2.59 bits per heavy atom. The molecule has 0 spiro atoms. The van der Waals surface area contributed by atoms with E-state index in [1.165, 1.54) is 5.39 Å². The number of aromatic nitrogens is 1. The average Bonchev–Trinajstić information content (AvgIpc) is 3.37. The van der Waals surface area contributed by atoms with E-state index in [0.717, 1.165) is 37.8 Å². The predicted octanol–water partition coefficient (Wildman–Crippen LogP) is 5.24. The Labute approximate surface area is 165 Å². The van der Waals surface area contributed by atoms with Crippen molar-refractivity contribution in [3.8, 4) is 17.0 Å². The number of nitrogens with zero attached hydrogens (tertiary/aromatic N) is 3. The van der Waals surface area contributed by atoms with Gasteiger partial charge in [-0.2, -0.15) is 5.10 Å². The number of thiophene rings is 1. The zero-order valence-corrected chi connectivity index (χ0v) is 17.0. The first-order valence-corrected chi connectivity index (χ1v) is 10.3. The Morgan fingerprint density at radius 1 is 1.04 bits per heavy atom. The van der Waals surface area contributed by atoms with Gasteiger partial charge in [0.2, 0.25) is 4.80 Å². The van der Waals surface area contributed by atoms with Gasteiger partial charge in [0.25, 0.3) is 0 Å². The van der Waals surface area contributed by atoms with Crippen molar-refractivity contribution in [3.63, 3.8) is 0 Å². The first-order chi connectivity index (χ1) is 13.2. The fourth-order valence-electron chi connectivity index (χ4n) is 2.94. The number of hydrogen-bond donors (Lipinski definition) is 0. The van der Waals surface area contributed by atoms with Crippen molar-refractivity contribution in [2.45, 2.75) is 6.92 Å². The molecule has 0 saturated carbocycles. The Morgan fingerprint density at radius 2 is 1.85 bits per heavy atom. The summed E-state index contributed by atoms with van der Waals surface area (Å²) in [6.45, 7) is 2.03. The maximum Gasteiger partial charge on any atom is 0.205 e. The number of ether oxygens (including phenoxy) is 1. The predicted molar refractivity (Wildman–Crippen MR) is 115 cm³/mol. The highest BCUT2D eigenvalue weighted by Crippen LogP contribution is 2.27. The number of methoxy groups -OCH3 is 1. The molecule has 0 atom stereocenters. The summed E-state index contributed by atoms with van der Waals surface area (Å²) in [5, 5.41) is 11.3. The van der Waals surface area contributed by atoms with Crippen molar-refractivity contribution < 1.29 is 4.74 Å². The van der Waals surface area contributed by atoms with Crippen LogP contribution in [0.2, 0.25) is 0 Å². The molecule has 2 aromatic carbocycles. The highest BCUT2D eigenvalue weighted by atomic mass is 32.1. The molecule has 0 N–H and O–H groups in total. The van der Waals surface area contributed by atoms with Crippen LogP contribution in [-0.2, 0) is 0 Å². The molecule has 0 radical (unpaired) electrons. The monoisotopic (exact) mass is 393 g/mol. The molecule has 4 aromatic rings. The summed E-state index contributed by atoms with van der Waals surface area (Å²) >= 11 is 3.28. The number of hydrogen-bond acceptors (Lipinski definition) is 5. The molecular weight excluding hydrogens is 374 g/mol. The van der Waals surface area contributed by atoms with Crippen LogP contribution in [0.15, 0.2) is 69.4 Å². The first kappa shape index (κ1) is 17.7. The number of rotatable bonds is 4. The SMILES string of the molecule is CN=c1scc(-c2ccc3cc(OC)ccc3c2)n1N=C(C)c1cccs1. The maximum atomic E-state index is 5.32. The summed E-state index contributed by atoms with van der Waals surface area (Å²) in [5.41, 5.74) is 3.13. The van der Waals surface area contributed by atoms with Crippen molar-refractivity contribution in [1.29, 1.82) is 0 Å². The Kier molecular flexibility index (Phi) is 4.92. The summed E-state index contributed by atoms with van der Waals surface area (Å²) < 4.78 is 7.26. The molecule has 27 heavy (non-hydrogen) atoms. The Hall–Kier alpha value is -2.70. The quantitative estimate of drug-likeness (QED) is 0.437. The third kappa shape index (κ3) is 3.46. The van der Waals surface area contributed by atoms with Gasteiger partial charge in [0.05, 0.1) is 23.4 Å². The van der Waals surface area contributed by atoms with Gasteiger partial charge in [0, 0.05) is 18.0 Å². The van der Waals surface area contributed by atoms with Crippen molar-refractivity contribution in [2.24, 2.45) is 10.1 Å². The van der Waals surface area contributed by atoms with Crippen LogP contribution in [0.5, 0.6) is 5.75 Å². The minimum Gasteiger partial charge on any atom is -0.497 e. The van der Waals surface area contributed by atoms with Gasteiger partial charge in [-0.25, -0.2) is 4.68 Å². The lowest BCUT2D eigenvalue weighted by Crippen LogP contribution is -2.13. The van der Waals surface area contributed by atoms with E-state index in [0.29, 0.717) is 0 Å². The number of thiazole rings is 1. The van der Waals surface area contributed by atoms with Crippen LogP contribution in [0.3, 0.4) is 0 Å². The van der Waals surface area contributed by atoms with Gasteiger partial charge < -0.3 is 4.74 Å². The van der Waals surface area contributed by atoms with Crippen LogP contribution >= 0.6 is 22.7 Å². The molecule has 4 rings (SSSR count). The summed E-state index contributed by atoms with van der Waals surface area (Å²) in [6, 6.07) is 16.7. The fourth-order valence-corrected chi connectivity index (χ4v) is 4.41. The van der Waals surface area contributed by atoms with Gasteiger partial charge in [-0.3, -0.25) is 4.99 Å². The van der Waals surface area contributed by atoms with Crippen molar-refractivity contribution in [2.75, 3.05) is 14.2 Å². The molecule has 0 saturated heterocycles. The third-order valence-electron chi connectivity index (χ3n) is 4.35. The number of fused-ring (bicyclic) bond motifs is 1. The Bertz CT molecular complexity index is 1180. The van der Waals surface area contributed by atoms with E-state index in [4.69, 9.17) is 9.84 Å². The van der Waals surface area contributed by atoms with E-state index >= 15 is 0 Å². The highest BCUT2D eigenvalue weighted by molar-refractivity contribution is 7.12. The molecule has 0 bridgehead atoms. The second-order valence-corrected chi connectivity index (χ2v) is 7.81. The van der Waals surface area contributed by atoms with Gasteiger partial charge in [-0.15, -0.1) is 22.7 Å². The summed E-state index contributed by atoms with van der Waals surface area (Å²) in [5.74, 6) is 0.865. The molecule has 0 fully saturated rings. The largest absolute Gasteiger partial charge is 0.497 e. The molecule has 0 amide bonds. The van der Waals surface area contributed by atoms with E-state index in [1.54, 1.807) is 36.8 Å². The molecule has 0 unspecified atom stereocenters. The lowest BCUT2D eigenvalue weighted by atomic mass is 10.1. The summed E-state index contributed by atoms with van der Waals surface area (Å²) in [4.78, 5) is 6.43. The topological polar surface area (TPSA) is 38.9 Å². The van der Waals surface area contributed by atoms with Crippen LogP contribution in [0.1, 0.15) is 11.8 Å². The summed E-state index contributed by atoms with van der Waals surface area (Å²) in [6.07, 6.45) is 0. The zero-order chi connectivity index (χ0) is 18.8. The second kappa shape index (κ2) is 7.50. The molecule has 4 nitrogen and oxygen atoms in total. The van der Waals surface area contributed by atoms with Gasteiger partial charge >= 0.3 is 0 Å². The standard InChI is InChI=1S/C21H19N3OS2/c1-14(20-5-4-10-26-20)23-24-19(13-27-21(24)22-2)17-7-6-16-12-18(25-3)9-8-15(16)11-17/h4-13H,1-3H3. The van der Waals surface area contributed by atoms with Gasteiger partial charge in [-0.05, 0) is 47.3 Å². The molecule has 2 aromatic heterocycles. The molecule has 0 aliphatic carbocycles. The molecule has 136 valence electrons. The van der Waals surface area contributed by atoms with Crippen molar-refractivity contribution >= 4 is 39.2 Å². The minimum atomic E-state index is 0.865. The molecule has 0 aliphatic heterocycles.